The number of hydrogen-bond donors (Lipinski definition) is 1. The quantitative estimate of drug-likeness (QED) is 0.727. The van der Waals surface area contributed by atoms with E-state index in [9.17, 15) is 13.2 Å². The van der Waals surface area contributed by atoms with Crippen molar-refractivity contribution in [3.8, 4) is 5.75 Å². The summed E-state index contributed by atoms with van der Waals surface area (Å²) in [4.78, 5) is 13.0. The number of carbonyl (C=O) groups is 1. The molecular formula is C22H28N2O5S. The molecule has 1 atom stereocenters. The maximum Gasteiger partial charge on any atom is 0.251 e. The number of hydrogen-bond acceptors (Lipinski definition) is 5. The van der Waals surface area contributed by atoms with Crippen molar-refractivity contribution in [3.63, 3.8) is 0 Å². The molecule has 0 saturated carbocycles. The van der Waals surface area contributed by atoms with Gasteiger partial charge >= 0.3 is 0 Å². The normalized spacial score (nSPS) is 16.1. The third-order valence-electron chi connectivity index (χ3n) is 5.08. The van der Waals surface area contributed by atoms with Gasteiger partial charge in [0.05, 0.1) is 30.8 Å². The van der Waals surface area contributed by atoms with E-state index in [1.165, 1.54) is 10.4 Å². The Morgan fingerprint density at radius 2 is 1.83 bits per heavy atom. The molecule has 2 aromatic rings. The lowest BCUT2D eigenvalue weighted by atomic mass is 10.1. The summed E-state index contributed by atoms with van der Waals surface area (Å²) < 4.78 is 38.2. The van der Waals surface area contributed by atoms with Gasteiger partial charge in [0.25, 0.3) is 5.91 Å². The standard InChI is InChI=1S/C22H28N2O5S/c1-4-29-20-9-7-18(8-10-20)17(3)23-22(25)19-6-5-16(2)21(15-19)30(26,27)24-11-13-28-14-12-24/h5-10,15,17H,4,11-14H2,1-3H3,(H,23,25)/t17-/m1/s1. The summed E-state index contributed by atoms with van der Waals surface area (Å²) in [5, 5.41) is 2.93. The molecule has 0 bridgehead atoms. The molecule has 1 aliphatic heterocycles. The van der Waals surface area contributed by atoms with Crippen LogP contribution in [0, 0.1) is 6.92 Å². The monoisotopic (exact) mass is 432 g/mol. The number of amides is 1. The minimum atomic E-state index is -3.68. The molecule has 1 N–H and O–H groups in total. The van der Waals surface area contributed by atoms with Crippen molar-refractivity contribution in [1.29, 1.82) is 0 Å². The third kappa shape index (κ3) is 5.00. The zero-order chi connectivity index (χ0) is 21.7. The zero-order valence-electron chi connectivity index (χ0n) is 17.6. The Hall–Kier alpha value is -2.42. The van der Waals surface area contributed by atoms with Crippen LogP contribution < -0.4 is 10.1 Å². The van der Waals surface area contributed by atoms with Crippen molar-refractivity contribution in [2.75, 3.05) is 32.9 Å². The molecule has 0 aliphatic carbocycles. The van der Waals surface area contributed by atoms with Gasteiger partial charge in [-0.1, -0.05) is 18.2 Å². The maximum atomic E-state index is 13.0. The van der Waals surface area contributed by atoms with Crippen LogP contribution in [0.2, 0.25) is 0 Å². The van der Waals surface area contributed by atoms with Gasteiger partial charge in [-0.15, -0.1) is 0 Å². The molecule has 162 valence electrons. The molecular weight excluding hydrogens is 404 g/mol. The van der Waals surface area contributed by atoms with Crippen molar-refractivity contribution in [2.45, 2.75) is 31.7 Å². The second-order valence-corrected chi connectivity index (χ2v) is 9.10. The first-order valence-electron chi connectivity index (χ1n) is 10.0. The first-order valence-corrected chi connectivity index (χ1v) is 11.5. The topological polar surface area (TPSA) is 84.9 Å². The molecule has 0 radical (unpaired) electrons. The molecule has 7 nitrogen and oxygen atoms in total. The molecule has 2 aromatic carbocycles. The number of ether oxygens (including phenoxy) is 2. The fourth-order valence-corrected chi connectivity index (χ4v) is 4.99. The first-order chi connectivity index (χ1) is 14.3. The van der Waals surface area contributed by atoms with Crippen LogP contribution in [0.1, 0.15) is 41.4 Å². The number of nitrogens with one attached hydrogen (secondary N) is 1. The predicted octanol–water partition coefficient (Wildman–Crippen LogP) is 2.91. The molecule has 0 unspecified atom stereocenters. The molecule has 1 amide bonds. The lowest BCUT2D eigenvalue weighted by Gasteiger charge is -2.26. The molecule has 1 heterocycles. The minimum absolute atomic E-state index is 0.158. The number of sulfonamides is 1. The van der Waals surface area contributed by atoms with E-state index in [1.54, 1.807) is 19.1 Å². The van der Waals surface area contributed by atoms with Gasteiger partial charge < -0.3 is 14.8 Å². The summed E-state index contributed by atoms with van der Waals surface area (Å²) in [5.74, 6) is 0.450. The van der Waals surface area contributed by atoms with Crippen molar-refractivity contribution in [3.05, 3.63) is 59.2 Å². The summed E-state index contributed by atoms with van der Waals surface area (Å²) in [6, 6.07) is 12.1. The number of nitrogens with zero attached hydrogens (tertiary/aromatic N) is 1. The number of carbonyl (C=O) groups excluding carboxylic acids is 1. The van der Waals surface area contributed by atoms with Gasteiger partial charge in [-0.3, -0.25) is 4.79 Å². The Kier molecular flexibility index (Phi) is 7.12. The van der Waals surface area contributed by atoms with Crippen LogP contribution in [0.3, 0.4) is 0 Å². The summed E-state index contributed by atoms with van der Waals surface area (Å²) in [6.07, 6.45) is 0. The fourth-order valence-electron chi connectivity index (χ4n) is 3.33. The van der Waals surface area contributed by atoms with E-state index >= 15 is 0 Å². The van der Waals surface area contributed by atoms with E-state index < -0.39 is 10.0 Å². The zero-order valence-corrected chi connectivity index (χ0v) is 18.4. The van der Waals surface area contributed by atoms with Gasteiger partial charge in [-0.25, -0.2) is 8.42 Å². The number of aryl methyl sites for hydroxylation is 1. The minimum Gasteiger partial charge on any atom is -0.494 e. The largest absolute Gasteiger partial charge is 0.494 e. The number of morpholine rings is 1. The Bertz CT molecular complexity index is 983. The van der Waals surface area contributed by atoms with E-state index in [0.717, 1.165) is 11.3 Å². The first kappa shape index (κ1) is 22.3. The highest BCUT2D eigenvalue weighted by Gasteiger charge is 2.28. The summed E-state index contributed by atoms with van der Waals surface area (Å²) >= 11 is 0. The Morgan fingerprint density at radius 1 is 1.17 bits per heavy atom. The van der Waals surface area contributed by atoms with E-state index in [0.29, 0.717) is 44.0 Å². The molecule has 8 heteroatoms. The van der Waals surface area contributed by atoms with E-state index in [4.69, 9.17) is 9.47 Å². The van der Waals surface area contributed by atoms with Crippen LogP contribution in [0.5, 0.6) is 5.75 Å². The number of benzene rings is 2. The average molecular weight is 433 g/mol. The van der Waals surface area contributed by atoms with Crippen LogP contribution in [0.4, 0.5) is 0 Å². The molecule has 1 saturated heterocycles. The smallest absolute Gasteiger partial charge is 0.251 e. The highest BCUT2D eigenvalue weighted by atomic mass is 32.2. The van der Waals surface area contributed by atoms with Crippen LogP contribution in [0.15, 0.2) is 47.4 Å². The second kappa shape index (κ2) is 9.59. The van der Waals surface area contributed by atoms with E-state index in [2.05, 4.69) is 5.32 Å². The predicted molar refractivity (Wildman–Crippen MR) is 114 cm³/mol. The van der Waals surface area contributed by atoms with Gasteiger partial charge in [0.15, 0.2) is 0 Å². The maximum absolute atomic E-state index is 13.0. The fraction of sp³-hybridized carbons (Fsp3) is 0.409. The Labute approximate surface area is 178 Å². The molecule has 0 spiro atoms. The molecule has 0 aromatic heterocycles. The third-order valence-corrected chi connectivity index (χ3v) is 7.12. The van der Waals surface area contributed by atoms with Crippen molar-refractivity contribution in [2.24, 2.45) is 0 Å². The SMILES string of the molecule is CCOc1ccc([C@@H](C)NC(=O)c2ccc(C)c(S(=O)(=O)N3CCOCC3)c2)cc1. The van der Waals surface area contributed by atoms with Crippen LogP contribution >= 0.6 is 0 Å². The molecule has 30 heavy (non-hydrogen) atoms. The van der Waals surface area contributed by atoms with E-state index in [1.807, 2.05) is 38.1 Å². The molecule has 3 rings (SSSR count). The lowest BCUT2D eigenvalue weighted by molar-refractivity contribution is 0.0730. The van der Waals surface area contributed by atoms with E-state index in [-0.39, 0.29) is 16.8 Å². The van der Waals surface area contributed by atoms with Crippen LogP contribution in [-0.4, -0.2) is 51.5 Å². The van der Waals surface area contributed by atoms with Crippen molar-refractivity contribution in [1.82, 2.24) is 9.62 Å². The Morgan fingerprint density at radius 3 is 2.47 bits per heavy atom. The molecule has 1 fully saturated rings. The Balaban J connectivity index is 1.77. The van der Waals surface area contributed by atoms with Gasteiger partial charge in [0.2, 0.25) is 10.0 Å². The number of rotatable bonds is 7. The average Bonchev–Trinajstić information content (AvgIpc) is 2.75. The molecule has 1 aliphatic rings. The summed E-state index contributed by atoms with van der Waals surface area (Å²) in [6.45, 7) is 7.50. The summed E-state index contributed by atoms with van der Waals surface area (Å²) in [5.41, 5.74) is 1.85. The van der Waals surface area contributed by atoms with Gasteiger partial charge in [-0.2, -0.15) is 4.31 Å². The second-order valence-electron chi connectivity index (χ2n) is 7.19. The summed E-state index contributed by atoms with van der Waals surface area (Å²) in [7, 11) is -3.68. The highest BCUT2D eigenvalue weighted by Crippen LogP contribution is 2.23. The highest BCUT2D eigenvalue weighted by molar-refractivity contribution is 7.89. The lowest BCUT2D eigenvalue weighted by Crippen LogP contribution is -2.41. The van der Waals surface area contributed by atoms with Crippen molar-refractivity contribution < 1.29 is 22.7 Å². The van der Waals surface area contributed by atoms with Gasteiger partial charge in [-0.05, 0) is 56.2 Å². The van der Waals surface area contributed by atoms with Crippen molar-refractivity contribution >= 4 is 15.9 Å². The van der Waals surface area contributed by atoms with Crippen LogP contribution in [0.25, 0.3) is 0 Å². The van der Waals surface area contributed by atoms with Gasteiger partial charge in [0.1, 0.15) is 5.75 Å². The van der Waals surface area contributed by atoms with Gasteiger partial charge in [0, 0.05) is 18.7 Å². The van der Waals surface area contributed by atoms with Crippen LogP contribution in [-0.2, 0) is 14.8 Å².